The van der Waals surface area contributed by atoms with Crippen molar-refractivity contribution in [2.75, 3.05) is 18.0 Å². The summed E-state index contributed by atoms with van der Waals surface area (Å²) in [5.74, 6) is 0.851. The molecule has 1 rings (SSSR count). The Labute approximate surface area is 98.9 Å². The Bertz CT molecular complexity index is 332. The van der Waals surface area contributed by atoms with Crippen LogP contribution in [0.4, 0.5) is 5.69 Å². The van der Waals surface area contributed by atoms with Crippen molar-refractivity contribution in [1.29, 1.82) is 0 Å². The molecule has 0 heterocycles. The third-order valence-electron chi connectivity index (χ3n) is 3.29. The van der Waals surface area contributed by atoms with Crippen molar-refractivity contribution in [2.45, 2.75) is 40.0 Å². The number of rotatable bonds is 5. The summed E-state index contributed by atoms with van der Waals surface area (Å²) in [6.07, 6.45) is 1.05. The number of nitrogens with zero attached hydrogens (tertiary/aromatic N) is 1. The molecule has 1 unspecified atom stereocenters. The molecule has 16 heavy (non-hydrogen) atoms. The Morgan fingerprint density at radius 1 is 1.19 bits per heavy atom. The maximum absolute atomic E-state index is 10.0. The summed E-state index contributed by atoms with van der Waals surface area (Å²) < 4.78 is 0. The van der Waals surface area contributed by atoms with Crippen molar-refractivity contribution in [3.05, 3.63) is 23.8 Å². The Morgan fingerprint density at radius 2 is 1.81 bits per heavy atom. The maximum Gasteiger partial charge on any atom is 0.121 e. The van der Waals surface area contributed by atoms with E-state index in [9.17, 15) is 5.11 Å². The molecule has 0 saturated carbocycles. The monoisotopic (exact) mass is 221 g/mol. The summed E-state index contributed by atoms with van der Waals surface area (Å²) in [6, 6.07) is 6.04. The van der Waals surface area contributed by atoms with Gasteiger partial charge in [0.05, 0.1) is 0 Å². The van der Waals surface area contributed by atoms with Crippen LogP contribution in [0.25, 0.3) is 0 Å². The molecule has 2 heteroatoms. The zero-order valence-electron chi connectivity index (χ0n) is 10.8. The van der Waals surface area contributed by atoms with Crippen LogP contribution >= 0.6 is 0 Å². The fourth-order valence-corrected chi connectivity index (χ4v) is 1.95. The van der Waals surface area contributed by atoms with Gasteiger partial charge in [-0.1, -0.05) is 19.9 Å². The molecule has 0 aromatic heterocycles. The van der Waals surface area contributed by atoms with Gasteiger partial charge < -0.3 is 10.0 Å². The molecule has 1 aromatic carbocycles. The van der Waals surface area contributed by atoms with Crippen LogP contribution in [0.1, 0.15) is 45.6 Å². The highest BCUT2D eigenvalue weighted by Crippen LogP contribution is 2.31. The van der Waals surface area contributed by atoms with Gasteiger partial charge in [-0.05, 0) is 37.8 Å². The third kappa shape index (κ3) is 2.69. The van der Waals surface area contributed by atoms with Crippen LogP contribution in [0.2, 0.25) is 0 Å². The number of hydrogen-bond acceptors (Lipinski definition) is 2. The smallest absolute Gasteiger partial charge is 0.121 e. The average molecular weight is 221 g/mol. The Hall–Kier alpha value is -1.18. The number of benzene rings is 1. The molecule has 90 valence electrons. The summed E-state index contributed by atoms with van der Waals surface area (Å²) >= 11 is 0. The second-order valence-corrected chi connectivity index (χ2v) is 4.22. The molecule has 0 bridgehead atoms. The second-order valence-electron chi connectivity index (χ2n) is 4.22. The molecule has 0 spiro atoms. The van der Waals surface area contributed by atoms with Gasteiger partial charge in [0.1, 0.15) is 5.75 Å². The minimum atomic E-state index is 0.422. The lowest BCUT2D eigenvalue weighted by Crippen LogP contribution is -2.21. The fourth-order valence-electron chi connectivity index (χ4n) is 1.95. The van der Waals surface area contributed by atoms with E-state index in [-0.39, 0.29) is 0 Å². The van der Waals surface area contributed by atoms with Crippen molar-refractivity contribution in [1.82, 2.24) is 0 Å². The van der Waals surface area contributed by atoms with Gasteiger partial charge in [0.25, 0.3) is 0 Å². The second kappa shape index (κ2) is 5.78. The average Bonchev–Trinajstić information content (AvgIpc) is 2.30. The van der Waals surface area contributed by atoms with Gasteiger partial charge in [-0.15, -0.1) is 0 Å². The highest BCUT2D eigenvalue weighted by molar-refractivity contribution is 5.54. The summed E-state index contributed by atoms with van der Waals surface area (Å²) in [5.41, 5.74) is 2.16. The molecular weight excluding hydrogens is 198 g/mol. The van der Waals surface area contributed by atoms with E-state index in [1.54, 1.807) is 0 Å². The predicted molar refractivity (Wildman–Crippen MR) is 70.4 cm³/mol. The van der Waals surface area contributed by atoms with Gasteiger partial charge in [0.2, 0.25) is 0 Å². The maximum atomic E-state index is 10.0. The zero-order chi connectivity index (χ0) is 12.1. The minimum Gasteiger partial charge on any atom is -0.508 e. The molecular formula is C14H23NO. The lowest BCUT2D eigenvalue weighted by atomic mass is 9.97. The van der Waals surface area contributed by atoms with Crippen molar-refractivity contribution < 1.29 is 5.11 Å². The van der Waals surface area contributed by atoms with Crippen LogP contribution in [0.5, 0.6) is 5.75 Å². The molecule has 0 saturated heterocycles. The molecule has 0 fully saturated rings. The number of aromatic hydroxyl groups is 1. The lowest BCUT2D eigenvalue weighted by Gasteiger charge is -2.22. The number of anilines is 1. The Kier molecular flexibility index (Phi) is 4.66. The van der Waals surface area contributed by atoms with E-state index in [1.165, 1.54) is 0 Å². The van der Waals surface area contributed by atoms with Crippen LogP contribution in [0.3, 0.4) is 0 Å². The van der Waals surface area contributed by atoms with Gasteiger partial charge in [-0.3, -0.25) is 0 Å². The summed E-state index contributed by atoms with van der Waals surface area (Å²) in [5, 5.41) is 10.0. The van der Waals surface area contributed by atoms with Crippen molar-refractivity contribution >= 4 is 5.69 Å². The van der Waals surface area contributed by atoms with E-state index in [1.807, 2.05) is 6.07 Å². The first-order chi connectivity index (χ1) is 7.63. The Balaban J connectivity index is 2.98. The molecule has 2 nitrogen and oxygen atoms in total. The van der Waals surface area contributed by atoms with Crippen LogP contribution in [0.15, 0.2) is 18.2 Å². The molecule has 0 amide bonds. The van der Waals surface area contributed by atoms with Crippen molar-refractivity contribution in [2.24, 2.45) is 0 Å². The molecule has 0 aliphatic heterocycles. The third-order valence-corrected chi connectivity index (χ3v) is 3.29. The van der Waals surface area contributed by atoms with Crippen LogP contribution in [-0.2, 0) is 0 Å². The highest BCUT2D eigenvalue weighted by Gasteiger charge is 2.10. The number of phenols is 1. The summed E-state index contributed by atoms with van der Waals surface area (Å²) in [6.45, 7) is 10.5. The normalized spacial score (nSPS) is 12.5. The van der Waals surface area contributed by atoms with Crippen molar-refractivity contribution in [3.8, 4) is 5.75 Å². The molecule has 0 aliphatic rings. The Morgan fingerprint density at radius 3 is 2.25 bits per heavy atom. The lowest BCUT2D eigenvalue weighted by molar-refractivity contribution is 0.462. The molecule has 0 aliphatic carbocycles. The fraction of sp³-hybridized carbons (Fsp3) is 0.571. The van der Waals surface area contributed by atoms with Gasteiger partial charge >= 0.3 is 0 Å². The van der Waals surface area contributed by atoms with E-state index >= 15 is 0 Å². The van der Waals surface area contributed by atoms with Gasteiger partial charge in [-0.2, -0.15) is 0 Å². The van der Waals surface area contributed by atoms with E-state index in [0.29, 0.717) is 11.7 Å². The standard InChI is InChI=1S/C14H23NO/c1-5-11(4)13-9-8-12(10-14(13)16)15(6-2)7-3/h8-11,16H,5-7H2,1-4H3. The minimum absolute atomic E-state index is 0.422. The quantitative estimate of drug-likeness (QED) is 0.818. The number of phenolic OH excluding ortho intramolecular Hbond substituents is 1. The van der Waals surface area contributed by atoms with Crippen molar-refractivity contribution in [3.63, 3.8) is 0 Å². The summed E-state index contributed by atoms with van der Waals surface area (Å²) in [4.78, 5) is 2.24. The van der Waals surface area contributed by atoms with Gasteiger partial charge in [-0.25, -0.2) is 0 Å². The van der Waals surface area contributed by atoms with E-state index < -0.39 is 0 Å². The highest BCUT2D eigenvalue weighted by atomic mass is 16.3. The summed E-state index contributed by atoms with van der Waals surface area (Å²) in [7, 11) is 0. The van der Waals surface area contributed by atoms with E-state index in [2.05, 4.69) is 44.7 Å². The number of hydrogen-bond donors (Lipinski definition) is 1. The first-order valence-electron chi connectivity index (χ1n) is 6.21. The van der Waals surface area contributed by atoms with Crippen LogP contribution in [-0.4, -0.2) is 18.2 Å². The molecule has 1 aromatic rings. The first-order valence-corrected chi connectivity index (χ1v) is 6.21. The van der Waals surface area contributed by atoms with Gasteiger partial charge in [0.15, 0.2) is 0 Å². The SMILES string of the molecule is CCC(C)c1ccc(N(CC)CC)cc1O. The van der Waals surface area contributed by atoms with Crippen LogP contribution in [0, 0.1) is 0 Å². The topological polar surface area (TPSA) is 23.5 Å². The molecule has 1 atom stereocenters. The van der Waals surface area contributed by atoms with E-state index in [0.717, 1.165) is 30.8 Å². The first kappa shape index (κ1) is 12.9. The van der Waals surface area contributed by atoms with E-state index in [4.69, 9.17) is 0 Å². The van der Waals surface area contributed by atoms with Gasteiger partial charge in [0, 0.05) is 24.8 Å². The zero-order valence-corrected chi connectivity index (χ0v) is 10.8. The largest absolute Gasteiger partial charge is 0.508 e. The molecule has 0 radical (unpaired) electrons. The predicted octanol–water partition coefficient (Wildman–Crippen LogP) is 3.75. The molecule has 1 N–H and O–H groups in total. The van der Waals surface area contributed by atoms with Crippen LogP contribution < -0.4 is 4.90 Å².